The molecular weight excluding hydrogens is 348 g/mol. The van der Waals surface area contributed by atoms with Gasteiger partial charge >= 0.3 is 0 Å². The average molecular weight is 368 g/mol. The van der Waals surface area contributed by atoms with E-state index in [9.17, 15) is 9.00 Å². The van der Waals surface area contributed by atoms with Gasteiger partial charge in [0.2, 0.25) is 5.89 Å². The Morgan fingerprint density at radius 2 is 2.00 bits per heavy atom. The molecule has 1 unspecified atom stereocenters. The highest BCUT2D eigenvalue weighted by Crippen LogP contribution is 2.26. The maximum atomic E-state index is 12.6. The predicted octanol–water partition coefficient (Wildman–Crippen LogP) is 4.09. The summed E-state index contributed by atoms with van der Waals surface area (Å²) in [4.78, 5) is 16.9. The molecule has 0 aliphatic carbocycles. The Morgan fingerprint density at radius 3 is 2.69 bits per heavy atom. The van der Waals surface area contributed by atoms with Crippen molar-refractivity contribution in [3.8, 4) is 11.5 Å². The maximum Gasteiger partial charge on any atom is 0.255 e. The van der Waals surface area contributed by atoms with Crippen LogP contribution in [-0.2, 0) is 16.6 Å². The SMILES string of the molecule is Cc1coc(-c2cc(NC(=O)c3cccc(CS(C)=O)c3)ccc2C)n1. The topological polar surface area (TPSA) is 72.2 Å². The van der Waals surface area contributed by atoms with Crippen molar-refractivity contribution in [2.24, 2.45) is 0 Å². The second-order valence-corrected chi connectivity index (χ2v) is 7.63. The number of hydrogen-bond donors (Lipinski definition) is 1. The fourth-order valence-corrected chi connectivity index (χ4v) is 3.30. The van der Waals surface area contributed by atoms with Gasteiger partial charge in [-0.05, 0) is 49.2 Å². The van der Waals surface area contributed by atoms with Gasteiger partial charge in [-0.3, -0.25) is 9.00 Å². The van der Waals surface area contributed by atoms with E-state index in [0.717, 1.165) is 22.4 Å². The Kier molecular flexibility index (Phi) is 5.32. The van der Waals surface area contributed by atoms with Crippen LogP contribution in [0.3, 0.4) is 0 Å². The van der Waals surface area contributed by atoms with Gasteiger partial charge < -0.3 is 9.73 Å². The largest absolute Gasteiger partial charge is 0.444 e. The molecule has 3 rings (SSSR count). The summed E-state index contributed by atoms with van der Waals surface area (Å²) in [7, 11) is -0.950. The van der Waals surface area contributed by atoms with Gasteiger partial charge in [-0.2, -0.15) is 0 Å². The van der Waals surface area contributed by atoms with Crippen LogP contribution >= 0.6 is 0 Å². The first-order chi connectivity index (χ1) is 12.4. The molecule has 26 heavy (non-hydrogen) atoms. The lowest BCUT2D eigenvalue weighted by Crippen LogP contribution is -2.12. The van der Waals surface area contributed by atoms with Crippen molar-refractivity contribution < 1.29 is 13.4 Å². The zero-order chi connectivity index (χ0) is 18.7. The molecule has 0 aliphatic heterocycles. The molecule has 1 amide bonds. The highest BCUT2D eigenvalue weighted by Gasteiger charge is 2.12. The molecule has 1 heterocycles. The number of benzene rings is 2. The van der Waals surface area contributed by atoms with Crippen LogP contribution < -0.4 is 5.32 Å². The number of oxazole rings is 1. The molecule has 0 aliphatic rings. The van der Waals surface area contributed by atoms with Crippen molar-refractivity contribution in [1.29, 1.82) is 0 Å². The normalized spacial score (nSPS) is 12.0. The minimum absolute atomic E-state index is 0.216. The molecule has 0 saturated heterocycles. The number of aryl methyl sites for hydroxylation is 2. The molecule has 0 spiro atoms. The van der Waals surface area contributed by atoms with Crippen LogP contribution in [0.15, 0.2) is 53.1 Å². The number of aromatic nitrogens is 1. The molecular formula is C20H20N2O3S. The van der Waals surface area contributed by atoms with E-state index in [4.69, 9.17) is 4.42 Å². The Labute approximate surface area is 154 Å². The van der Waals surface area contributed by atoms with Crippen LogP contribution in [0.1, 0.15) is 27.2 Å². The number of amides is 1. The van der Waals surface area contributed by atoms with E-state index in [2.05, 4.69) is 10.3 Å². The molecule has 3 aromatic rings. The molecule has 6 heteroatoms. The molecule has 0 saturated carbocycles. The van der Waals surface area contributed by atoms with Gasteiger partial charge in [0.1, 0.15) is 6.26 Å². The lowest BCUT2D eigenvalue weighted by molar-refractivity contribution is 0.102. The summed E-state index contributed by atoms with van der Waals surface area (Å²) < 4.78 is 16.9. The van der Waals surface area contributed by atoms with Crippen molar-refractivity contribution in [3.63, 3.8) is 0 Å². The fraction of sp³-hybridized carbons (Fsp3) is 0.200. The molecule has 134 valence electrons. The maximum absolute atomic E-state index is 12.6. The number of rotatable bonds is 5. The van der Waals surface area contributed by atoms with E-state index in [0.29, 0.717) is 22.9 Å². The first-order valence-electron chi connectivity index (χ1n) is 8.16. The summed E-state index contributed by atoms with van der Waals surface area (Å²) in [6.07, 6.45) is 3.24. The van der Waals surface area contributed by atoms with Crippen LogP contribution in [0.25, 0.3) is 11.5 Å². The smallest absolute Gasteiger partial charge is 0.255 e. The number of hydrogen-bond acceptors (Lipinski definition) is 4. The van der Waals surface area contributed by atoms with Crippen molar-refractivity contribution in [3.05, 3.63) is 71.1 Å². The Morgan fingerprint density at radius 1 is 1.19 bits per heavy atom. The molecule has 0 fully saturated rings. The van der Waals surface area contributed by atoms with E-state index in [1.54, 1.807) is 30.7 Å². The molecule has 1 aromatic heterocycles. The molecule has 1 N–H and O–H groups in total. The zero-order valence-electron chi connectivity index (χ0n) is 14.9. The fourth-order valence-electron chi connectivity index (χ4n) is 2.65. The second kappa shape index (κ2) is 7.66. The van der Waals surface area contributed by atoms with E-state index in [1.807, 2.05) is 38.1 Å². The third-order valence-electron chi connectivity index (χ3n) is 3.90. The summed E-state index contributed by atoms with van der Waals surface area (Å²) in [6.45, 7) is 3.83. The number of anilines is 1. The van der Waals surface area contributed by atoms with Crippen molar-refractivity contribution in [2.75, 3.05) is 11.6 Å². The predicted molar refractivity (Wildman–Crippen MR) is 104 cm³/mol. The van der Waals surface area contributed by atoms with Gasteiger partial charge in [-0.25, -0.2) is 4.98 Å². The number of carbonyl (C=O) groups is 1. The quantitative estimate of drug-likeness (QED) is 0.736. The van der Waals surface area contributed by atoms with Gasteiger partial charge in [0.25, 0.3) is 5.91 Å². The highest BCUT2D eigenvalue weighted by atomic mass is 32.2. The van der Waals surface area contributed by atoms with Crippen molar-refractivity contribution in [2.45, 2.75) is 19.6 Å². The van der Waals surface area contributed by atoms with Crippen LogP contribution in [0, 0.1) is 13.8 Å². The monoisotopic (exact) mass is 368 g/mol. The molecule has 2 aromatic carbocycles. The molecule has 0 radical (unpaired) electrons. The minimum Gasteiger partial charge on any atom is -0.444 e. The van der Waals surface area contributed by atoms with Gasteiger partial charge in [-0.1, -0.05) is 18.2 Å². The third-order valence-corrected chi connectivity index (χ3v) is 4.64. The van der Waals surface area contributed by atoms with Gasteiger partial charge in [0, 0.05) is 39.6 Å². The first-order valence-corrected chi connectivity index (χ1v) is 9.88. The van der Waals surface area contributed by atoms with Gasteiger partial charge in [-0.15, -0.1) is 0 Å². The highest BCUT2D eigenvalue weighted by molar-refractivity contribution is 7.83. The Balaban J connectivity index is 1.83. The van der Waals surface area contributed by atoms with Gasteiger partial charge in [0.15, 0.2) is 0 Å². The summed E-state index contributed by atoms with van der Waals surface area (Å²) in [5.41, 5.74) is 4.72. The lowest BCUT2D eigenvalue weighted by atomic mass is 10.1. The molecule has 5 nitrogen and oxygen atoms in total. The first kappa shape index (κ1) is 18.1. The van der Waals surface area contributed by atoms with Crippen molar-refractivity contribution >= 4 is 22.4 Å². The van der Waals surface area contributed by atoms with Crippen LogP contribution in [0.2, 0.25) is 0 Å². The summed E-state index contributed by atoms with van der Waals surface area (Å²) in [6, 6.07) is 12.8. The molecule has 0 bridgehead atoms. The van der Waals surface area contributed by atoms with E-state index >= 15 is 0 Å². The average Bonchev–Trinajstić information content (AvgIpc) is 3.02. The lowest BCUT2D eigenvalue weighted by Gasteiger charge is -2.09. The van der Waals surface area contributed by atoms with E-state index < -0.39 is 10.8 Å². The Hall–Kier alpha value is -2.73. The molecule has 1 atom stereocenters. The van der Waals surface area contributed by atoms with Gasteiger partial charge in [0.05, 0.1) is 5.69 Å². The van der Waals surface area contributed by atoms with E-state index in [-0.39, 0.29) is 5.91 Å². The zero-order valence-corrected chi connectivity index (χ0v) is 15.7. The number of nitrogens with zero attached hydrogens (tertiary/aromatic N) is 1. The second-order valence-electron chi connectivity index (χ2n) is 6.20. The minimum atomic E-state index is -0.950. The van der Waals surface area contributed by atoms with Crippen LogP contribution in [0.5, 0.6) is 0 Å². The van der Waals surface area contributed by atoms with Crippen LogP contribution in [0.4, 0.5) is 5.69 Å². The standard InChI is InChI=1S/C20H20N2O3S/c1-13-7-8-17(10-18(13)20-21-14(2)11-25-20)22-19(23)16-6-4-5-15(9-16)12-26(3)24/h4-11H,12H2,1-3H3,(H,22,23). The Bertz CT molecular complexity index is 979. The number of carbonyl (C=O) groups excluding carboxylic acids is 1. The summed E-state index contributed by atoms with van der Waals surface area (Å²) >= 11 is 0. The number of nitrogens with one attached hydrogen (secondary N) is 1. The van der Waals surface area contributed by atoms with Crippen LogP contribution in [-0.4, -0.2) is 21.4 Å². The van der Waals surface area contributed by atoms with E-state index in [1.165, 1.54) is 0 Å². The third kappa shape index (κ3) is 4.26. The summed E-state index contributed by atoms with van der Waals surface area (Å²) in [5.74, 6) is 0.745. The van der Waals surface area contributed by atoms with Crippen molar-refractivity contribution in [1.82, 2.24) is 4.98 Å². The summed E-state index contributed by atoms with van der Waals surface area (Å²) in [5, 5.41) is 2.90.